The average molecular weight is 347 g/mol. The first kappa shape index (κ1) is 16.8. The second kappa shape index (κ2) is 8.15. The second-order valence-corrected chi connectivity index (χ2v) is 6.38. The van der Waals surface area contributed by atoms with Gasteiger partial charge >= 0.3 is 0 Å². The number of benzene rings is 1. The minimum absolute atomic E-state index is 0.226. The van der Waals surface area contributed by atoms with Crippen LogP contribution in [0.25, 0.3) is 0 Å². The van der Waals surface area contributed by atoms with Gasteiger partial charge in [-0.2, -0.15) is 11.8 Å². The Morgan fingerprint density at radius 1 is 1.47 bits per heavy atom. The van der Waals surface area contributed by atoms with Gasteiger partial charge in [0.2, 0.25) is 0 Å². The zero-order chi connectivity index (χ0) is 14.4. The number of ether oxygens (including phenoxy) is 1. The highest BCUT2D eigenvalue weighted by molar-refractivity contribution is 9.10. The molecule has 108 valence electrons. The molecule has 0 aromatic heterocycles. The summed E-state index contributed by atoms with van der Waals surface area (Å²) in [6.45, 7) is 2.84. The van der Waals surface area contributed by atoms with Crippen LogP contribution in [-0.2, 0) is 0 Å². The Labute approximate surface area is 129 Å². The number of halogens is 1. The van der Waals surface area contributed by atoms with Crippen molar-refractivity contribution in [1.82, 2.24) is 4.90 Å². The molecular formula is C14H23BrN2OS. The standard InChI is InChI=1S/C14H23BrN2OS/c1-10(9-19-4)17(2)13(8-16)11-5-6-14(18-3)12(15)7-11/h5-7,10,13H,8-9,16H2,1-4H3. The number of thioether (sulfide) groups is 1. The van der Waals surface area contributed by atoms with Gasteiger partial charge in [-0.05, 0) is 53.9 Å². The van der Waals surface area contributed by atoms with E-state index in [1.807, 2.05) is 17.8 Å². The smallest absolute Gasteiger partial charge is 0.133 e. The summed E-state index contributed by atoms with van der Waals surface area (Å²) in [6.07, 6.45) is 2.13. The van der Waals surface area contributed by atoms with E-state index in [1.165, 1.54) is 5.56 Å². The summed E-state index contributed by atoms with van der Waals surface area (Å²) in [4.78, 5) is 2.34. The Kier molecular flexibility index (Phi) is 7.21. The van der Waals surface area contributed by atoms with E-state index < -0.39 is 0 Å². The van der Waals surface area contributed by atoms with Gasteiger partial charge in [0.05, 0.1) is 11.6 Å². The van der Waals surface area contributed by atoms with E-state index in [9.17, 15) is 0 Å². The first-order valence-electron chi connectivity index (χ1n) is 6.29. The molecule has 1 aromatic rings. The Morgan fingerprint density at radius 2 is 2.16 bits per heavy atom. The fourth-order valence-electron chi connectivity index (χ4n) is 2.09. The van der Waals surface area contributed by atoms with Crippen molar-refractivity contribution in [2.24, 2.45) is 5.73 Å². The van der Waals surface area contributed by atoms with Crippen LogP contribution in [0.2, 0.25) is 0 Å². The van der Waals surface area contributed by atoms with Gasteiger partial charge in [-0.25, -0.2) is 0 Å². The highest BCUT2D eigenvalue weighted by Crippen LogP contribution is 2.30. The highest BCUT2D eigenvalue weighted by Gasteiger charge is 2.20. The predicted octanol–water partition coefficient (Wildman–Crippen LogP) is 3.14. The van der Waals surface area contributed by atoms with E-state index >= 15 is 0 Å². The molecule has 3 nitrogen and oxygen atoms in total. The summed E-state index contributed by atoms with van der Waals surface area (Å²) < 4.78 is 6.23. The van der Waals surface area contributed by atoms with Crippen molar-refractivity contribution in [3.8, 4) is 5.75 Å². The van der Waals surface area contributed by atoms with Gasteiger partial charge < -0.3 is 10.5 Å². The zero-order valence-corrected chi connectivity index (χ0v) is 14.4. The lowest BCUT2D eigenvalue weighted by molar-refractivity contribution is 0.204. The van der Waals surface area contributed by atoms with Gasteiger partial charge in [0.25, 0.3) is 0 Å². The third kappa shape index (κ3) is 4.38. The largest absolute Gasteiger partial charge is 0.496 e. The topological polar surface area (TPSA) is 38.5 Å². The normalized spacial score (nSPS) is 14.5. The van der Waals surface area contributed by atoms with Crippen LogP contribution in [0.4, 0.5) is 0 Å². The van der Waals surface area contributed by atoms with Crippen LogP contribution in [0.5, 0.6) is 5.75 Å². The van der Waals surface area contributed by atoms with Crippen molar-refractivity contribution < 1.29 is 4.74 Å². The maximum absolute atomic E-state index is 5.97. The van der Waals surface area contributed by atoms with Gasteiger partial charge in [0, 0.05) is 24.4 Å². The van der Waals surface area contributed by atoms with Crippen molar-refractivity contribution in [3.05, 3.63) is 28.2 Å². The maximum Gasteiger partial charge on any atom is 0.133 e. The fraction of sp³-hybridized carbons (Fsp3) is 0.571. The number of nitrogens with two attached hydrogens (primary N) is 1. The van der Waals surface area contributed by atoms with Crippen molar-refractivity contribution in [3.63, 3.8) is 0 Å². The van der Waals surface area contributed by atoms with Crippen LogP contribution in [0, 0.1) is 0 Å². The zero-order valence-electron chi connectivity index (χ0n) is 12.0. The third-order valence-electron chi connectivity index (χ3n) is 3.38. The molecule has 1 rings (SSSR count). The summed E-state index contributed by atoms with van der Waals surface area (Å²) in [7, 11) is 3.81. The summed E-state index contributed by atoms with van der Waals surface area (Å²) in [5.41, 5.74) is 7.18. The molecule has 2 atom stereocenters. The maximum atomic E-state index is 5.97. The Morgan fingerprint density at radius 3 is 2.63 bits per heavy atom. The lowest BCUT2D eigenvalue weighted by Gasteiger charge is -2.32. The highest BCUT2D eigenvalue weighted by atomic mass is 79.9. The van der Waals surface area contributed by atoms with Crippen LogP contribution < -0.4 is 10.5 Å². The molecule has 0 heterocycles. The second-order valence-electron chi connectivity index (χ2n) is 4.62. The van der Waals surface area contributed by atoms with E-state index in [0.29, 0.717) is 12.6 Å². The van der Waals surface area contributed by atoms with Crippen molar-refractivity contribution in [2.75, 3.05) is 32.7 Å². The van der Waals surface area contributed by atoms with Gasteiger partial charge in [0.15, 0.2) is 0 Å². The molecule has 1 aromatic carbocycles. The molecule has 0 fully saturated rings. The van der Waals surface area contributed by atoms with Crippen LogP contribution in [0.1, 0.15) is 18.5 Å². The molecule has 0 saturated heterocycles. The minimum Gasteiger partial charge on any atom is -0.496 e. The molecule has 19 heavy (non-hydrogen) atoms. The Hall–Kier alpha value is -0.230. The molecular weight excluding hydrogens is 324 g/mol. The minimum atomic E-state index is 0.226. The van der Waals surface area contributed by atoms with E-state index in [4.69, 9.17) is 10.5 Å². The number of likely N-dealkylation sites (N-methyl/N-ethyl adjacent to an activating group) is 1. The molecule has 0 aliphatic rings. The van der Waals surface area contributed by atoms with Crippen molar-refractivity contribution in [2.45, 2.75) is 19.0 Å². The molecule has 5 heteroatoms. The SMILES string of the molecule is COc1ccc(C(CN)N(C)C(C)CSC)cc1Br. The van der Waals surface area contributed by atoms with Gasteiger partial charge in [0.1, 0.15) is 5.75 Å². The molecule has 2 N–H and O–H groups in total. The molecule has 0 amide bonds. The quantitative estimate of drug-likeness (QED) is 0.822. The first-order valence-corrected chi connectivity index (χ1v) is 8.48. The Bertz CT molecular complexity index is 403. The average Bonchev–Trinajstić information content (AvgIpc) is 2.40. The van der Waals surface area contributed by atoms with Crippen LogP contribution in [0.15, 0.2) is 22.7 Å². The first-order chi connectivity index (χ1) is 9.04. The Balaban J connectivity index is 2.93. The van der Waals surface area contributed by atoms with E-state index in [0.717, 1.165) is 16.0 Å². The van der Waals surface area contributed by atoms with Gasteiger partial charge in [-0.15, -0.1) is 0 Å². The molecule has 2 unspecified atom stereocenters. The molecule has 0 spiro atoms. The lowest BCUT2D eigenvalue weighted by atomic mass is 10.0. The van der Waals surface area contributed by atoms with E-state index in [1.54, 1.807) is 7.11 Å². The van der Waals surface area contributed by atoms with Gasteiger partial charge in [-0.3, -0.25) is 4.90 Å². The number of hydrogen-bond acceptors (Lipinski definition) is 4. The third-order valence-corrected chi connectivity index (χ3v) is 4.81. The van der Waals surface area contributed by atoms with Crippen molar-refractivity contribution in [1.29, 1.82) is 0 Å². The monoisotopic (exact) mass is 346 g/mol. The predicted molar refractivity (Wildman–Crippen MR) is 88.1 cm³/mol. The summed E-state index contributed by atoms with van der Waals surface area (Å²) >= 11 is 5.39. The number of rotatable bonds is 7. The summed E-state index contributed by atoms with van der Waals surface area (Å²) in [5.74, 6) is 1.95. The number of nitrogens with zero attached hydrogens (tertiary/aromatic N) is 1. The molecule has 0 saturated carbocycles. The fourth-order valence-corrected chi connectivity index (χ4v) is 3.37. The molecule has 0 bridgehead atoms. The summed E-state index contributed by atoms with van der Waals surface area (Å²) in [6, 6.07) is 6.88. The van der Waals surface area contributed by atoms with Gasteiger partial charge in [-0.1, -0.05) is 6.07 Å². The van der Waals surface area contributed by atoms with E-state index in [2.05, 4.69) is 53.2 Å². The molecule has 0 radical (unpaired) electrons. The molecule has 0 aliphatic carbocycles. The molecule has 0 aliphatic heterocycles. The van der Waals surface area contributed by atoms with Crippen molar-refractivity contribution >= 4 is 27.7 Å². The summed E-state index contributed by atoms with van der Waals surface area (Å²) in [5, 5.41) is 0. The number of methoxy groups -OCH3 is 1. The van der Waals surface area contributed by atoms with E-state index in [-0.39, 0.29) is 6.04 Å². The van der Waals surface area contributed by atoms with Crippen LogP contribution in [0.3, 0.4) is 0 Å². The van der Waals surface area contributed by atoms with Crippen LogP contribution >= 0.6 is 27.7 Å². The van der Waals surface area contributed by atoms with Crippen LogP contribution in [-0.4, -0.2) is 43.7 Å². The number of hydrogen-bond donors (Lipinski definition) is 1. The lowest BCUT2D eigenvalue weighted by Crippen LogP contribution is -2.38.